The lowest BCUT2D eigenvalue weighted by Crippen LogP contribution is -2.24. The molecule has 0 aliphatic heterocycles. The van der Waals surface area contributed by atoms with Gasteiger partial charge in [-0.1, -0.05) is 24.3 Å². The molecule has 0 aliphatic rings. The maximum atomic E-state index is 12.1. The van der Waals surface area contributed by atoms with Crippen molar-refractivity contribution in [3.8, 4) is 0 Å². The van der Waals surface area contributed by atoms with Crippen molar-refractivity contribution in [2.24, 2.45) is 0 Å². The largest absolute Gasteiger partial charge is 0.347 e. The lowest BCUT2D eigenvalue weighted by Gasteiger charge is -2.17. The molecule has 1 amide bonds. The van der Waals surface area contributed by atoms with Crippen LogP contribution in [0.3, 0.4) is 0 Å². The van der Waals surface area contributed by atoms with Gasteiger partial charge in [0, 0.05) is 31.7 Å². The molecule has 3 aromatic rings. The van der Waals surface area contributed by atoms with Crippen LogP contribution in [0.25, 0.3) is 0 Å². The van der Waals surface area contributed by atoms with Crippen molar-refractivity contribution < 1.29 is 4.79 Å². The topological polar surface area (TPSA) is 71.0 Å². The lowest BCUT2D eigenvalue weighted by atomic mass is 10.2. The summed E-state index contributed by atoms with van der Waals surface area (Å²) in [6.07, 6.45) is 3.41. The van der Waals surface area contributed by atoms with E-state index < -0.39 is 0 Å². The number of carbonyl (C=O) groups is 1. The molecule has 0 atom stereocenters. The smallest absolute Gasteiger partial charge is 0.272 e. The van der Waals surface area contributed by atoms with E-state index in [-0.39, 0.29) is 11.6 Å². The fourth-order valence-electron chi connectivity index (χ4n) is 2.18. The van der Waals surface area contributed by atoms with Gasteiger partial charge >= 0.3 is 0 Å². The monoisotopic (exact) mass is 319 g/mol. The van der Waals surface area contributed by atoms with Crippen molar-refractivity contribution in [3.05, 3.63) is 78.2 Å². The number of para-hydroxylation sites is 1. The summed E-state index contributed by atoms with van der Waals surface area (Å²) in [4.78, 5) is 18.0. The molecule has 0 fully saturated rings. The number of rotatable bonds is 5. The second-order valence-electron chi connectivity index (χ2n) is 5.22. The molecule has 0 unspecified atom stereocenters. The van der Waals surface area contributed by atoms with Crippen LogP contribution in [-0.4, -0.2) is 28.1 Å². The van der Waals surface area contributed by atoms with Gasteiger partial charge in [0.1, 0.15) is 0 Å². The second kappa shape index (κ2) is 7.32. The Morgan fingerprint density at radius 2 is 1.88 bits per heavy atom. The maximum Gasteiger partial charge on any atom is 0.272 e. The number of nitrogens with one attached hydrogen (secondary N) is 1. The molecule has 0 spiro atoms. The summed E-state index contributed by atoms with van der Waals surface area (Å²) in [5.74, 6) is 0.408. The maximum absolute atomic E-state index is 12.1. The summed E-state index contributed by atoms with van der Waals surface area (Å²) in [7, 11) is 1.90. The second-order valence-corrected chi connectivity index (χ2v) is 5.22. The highest BCUT2D eigenvalue weighted by Gasteiger charge is 2.10. The first kappa shape index (κ1) is 15.6. The highest BCUT2D eigenvalue weighted by Crippen LogP contribution is 2.20. The Labute approximate surface area is 140 Å². The molecule has 0 bridgehead atoms. The minimum atomic E-state index is -0.264. The predicted molar refractivity (Wildman–Crippen MR) is 91.9 cm³/mol. The van der Waals surface area contributed by atoms with Crippen molar-refractivity contribution >= 4 is 17.4 Å². The molecule has 6 heteroatoms. The van der Waals surface area contributed by atoms with Crippen LogP contribution in [0.4, 0.5) is 11.5 Å². The average molecular weight is 319 g/mol. The van der Waals surface area contributed by atoms with Crippen molar-refractivity contribution in [3.63, 3.8) is 0 Å². The summed E-state index contributed by atoms with van der Waals surface area (Å²) < 4.78 is 0. The zero-order valence-corrected chi connectivity index (χ0v) is 13.3. The van der Waals surface area contributed by atoms with Gasteiger partial charge in [-0.2, -0.15) is 0 Å². The van der Waals surface area contributed by atoms with E-state index >= 15 is 0 Å². The Hall–Kier alpha value is -3.28. The van der Waals surface area contributed by atoms with Gasteiger partial charge in [-0.15, -0.1) is 10.2 Å². The van der Waals surface area contributed by atoms with Gasteiger partial charge in [0.05, 0.1) is 0 Å². The highest BCUT2D eigenvalue weighted by atomic mass is 16.1. The summed E-state index contributed by atoms with van der Waals surface area (Å²) in [5.41, 5.74) is 2.21. The fraction of sp³-hybridized carbons (Fsp3) is 0.111. The number of carbonyl (C=O) groups excluding carboxylic acids is 1. The molecular formula is C18H17N5O. The van der Waals surface area contributed by atoms with Crippen LogP contribution in [-0.2, 0) is 6.54 Å². The zero-order chi connectivity index (χ0) is 16.8. The molecule has 1 aromatic carbocycles. The van der Waals surface area contributed by atoms with Crippen LogP contribution in [0.1, 0.15) is 16.1 Å². The summed E-state index contributed by atoms with van der Waals surface area (Å²) in [5, 5.41) is 11.0. The van der Waals surface area contributed by atoms with Gasteiger partial charge in [0.25, 0.3) is 5.91 Å². The molecule has 2 heterocycles. The first-order valence-corrected chi connectivity index (χ1v) is 7.53. The zero-order valence-electron chi connectivity index (χ0n) is 13.3. The quantitative estimate of drug-likeness (QED) is 0.782. The van der Waals surface area contributed by atoms with E-state index in [1.807, 2.05) is 54.4 Å². The van der Waals surface area contributed by atoms with Crippen LogP contribution >= 0.6 is 0 Å². The minimum absolute atomic E-state index is 0.264. The molecule has 0 aliphatic carbocycles. The molecule has 24 heavy (non-hydrogen) atoms. The predicted octanol–water partition coefficient (Wildman–Crippen LogP) is 2.57. The van der Waals surface area contributed by atoms with E-state index in [1.165, 1.54) is 0 Å². The van der Waals surface area contributed by atoms with Gasteiger partial charge in [-0.25, -0.2) is 0 Å². The first-order valence-electron chi connectivity index (χ1n) is 7.53. The molecule has 1 N–H and O–H groups in total. The molecule has 2 aromatic heterocycles. The van der Waals surface area contributed by atoms with Crippen molar-refractivity contribution in [2.75, 3.05) is 11.9 Å². The fourth-order valence-corrected chi connectivity index (χ4v) is 2.18. The third-order valence-corrected chi connectivity index (χ3v) is 3.55. The normalized spacial score (nSPS) is 10.2. The number of aromatic nitrogens is 3. The number of pyridine rings is 1. The standard InChI is InChI=1S/C18H17N5O/c1-23(15-7-3-2-4-8-15)17-10-9-16(21-22-17)18(24)20-13-14-6-5-11-19-12-14/h2-12H,13H2,1H3,(H,20,24). The summed E-state index contributed by atoms with van der Waals surface area (Å²) in [6.45, 7) is 0.403. The molecule has 120 valence electrons. The van der Waals surface area contributed by atoms with Crippen molar-refractivity contribution in [1.82, 2.24) is 20.5 Å². The van der Waals surface area contributed by atoms with Gasteiger partial charge < -0.3 is 10.2 Å². The number of hydrogen-bond donors (Lipinski definition) is 1. The van der Waals surface area contributed by atoms with Gasteiger partial charge in [-0.3, -0.25) is 9.78 Å². The van der Waals surface area contributed by atoms with Crippen molar-refractivity contribution in [1.29, 1.82) is 0 Å². The highest BCUT2D eigenvalue weighted by molar-refractivity contribution is 5.92. The van der Waals surface area contributed by atoms with Crippen LogP contribution in [0, 0.1) is 0 Å². The first-order chi connectivity index (χ1) is 11.7. The average Bonchev–Trinajstić information content (AvgIpc) is 2.67. The van der Waals surface area contributed by atoms with Crippen LogP contribution in [0.15, 0.2) is 67.0 Å². The van der Waals surface area contributed by atoms with E-state index in [1.54, 1.807) is 24.5 Å². The Bertz CT molecular complexity index is 791. The minimum Gasteiger partial charge on any atom is -0.347 e. The molecule has 6 nitrogen and oxygen atoms in total. The molecular weight excluding hydrogens is 302 g/mol. The van der Waals surface area contributed by atoms with Gasteiger partial charge in [0.15, 0.2) is 11.5 Å². The molecule has 0 saturated heterocycles. The molecule has 3 rings (SSSR count). The molecule has 0 saturated carbocycles. The lowest BCUT2D eigenvalue weighted by molar-refractivity contribution is 0.0945. The third kappa shape index (κ3) is 3.73. The Kier molecular flexibility index (Phi) is 4.76. The summed E-state index contributed by atoms with van der Waals surface area (Å²) >= 11 is 0. The Balaban J connectivity index is 1.64. The third-order valence-electron chi connectivity index (χ3n) is 3.55. The number of amides is 1. The van der Waals surface area contributed by atoms with E-state index in [9.17, 15) is 4.79 Å². The van der Waals surface area contributed by atoms with Gasteiger partial charge in [0.2, 0.25) is 0 Å². The summed E-state index contributed by atoms with van der Waals surface area (Å²) in [6, 6.07) is 17.0. The van der Waals surface area contributed by atoms with Crippen LogP contribution < -0.4 is 10.2 Å². The number of hydrogen-bond acceptors (Lipinski definition) is 5. The Morgan fingerprint density at radius 1 is 1.04 bits per heavy atom. The van der Waals surface area contributed by atoms with Gasteiger partial charge in [-0.05, 0) is 35.9 Å². The van der Waals surface area contributed by atoms with Crippen LogP contribution in [0.2, 0.25) is 0 Å². The SMILES string of the molecule is CN(c1ccccc1)c1ccc(C(=O)NCc2cccnc2)nn1. The molecule has 0 radical (unpaired) electrons. The number of benzene rings is 1. The van der Waals surface area contributed by atoms with Crippen molar-refractivity contribution in [2.45, 2.75) is 6.54 Å². The van der Waals surface area contributed by atoms with E-state index in [4.69, 9.17) is 0 Å². The Morgan fingerprint density at radius 3 is 2.54 bits per heavy atom. The van der Waals surface area contributed by atoms with Crippen LogP contribution in [0.5, 0.6) is 0 Å². The number of anilines is 2. The van der Waals surface area contributed by atoms with E-state index in [0.717, 1.165) is 11.3 Å². The number of nitrogens with zero attached hydrogens (tertiary/aromatic N) is 4. The van der Waals surface area contributed by atoms with E-state index in [0.29, 0.717) is 12.4 Å². The van der Waals surface area contributed by atoms with E-state index in [2.05, 4.69) is 20.5 Å².